The number of aliphatic carboxylic acids is 2. The van der Waals surface area contributed by atoms with Gasteiger partial charge in [0.2, 0.25) is 70.9 Å². The molecule has 5 rings (SSSR count). The first-order valence-electron chi connectivity index (χ1n) is 44.4. The molecular formula is C89H130N24O20S. The van der Waals surface area contributed by atoms with E-state index >= 15 is 0 Å². The third kappa shape index (κ3) is 40.8. The number of nitrogens with one attached hydrogen (secondary N) is 18. The van der Waals surface area contributed by atoms with Crippen molar-refractivity contribution in [2.45, 2.75) is 222 Å². The number of rotatable bonds is 61. The van der Waals surface area contributed by atoms with Gasteiger partial charge in [0.1, 0.15) is 65.3 Å². The third-order valence-corrected chi connectivity index (χ3v) is 21.9. The van der Waals surface area contributed by atoms with Gasteiger partial charge in [0, 0.05) is 113 Å². The number of anilines is 2. The Hall–Kier alpha value is -14.0. The zero-order valence-corrected chi connectivity index (χ0v) is 77.3. The fourth-order valence-electron chi connectivity index (χ4n) is 13.5. The van der Waals surface area contributed by atoms with Gasteiger partial charge in [-0.3, -0.25) is 82.5 Å². The van der Waals surface area contributed by atoms with E-state index in [1.165, 1.54) is 32.0 Å². The number of carboxylic acids is 2. The SMILES string of the molecule is CCCC[C@H](NC(=O)[C@@H](NC(=O)[C@H](CCCNC(=N)N)NC(=O)[C@H](C)NC(=O)[C@H](CCCCN)NC(=O)CCCNC(=O)c1ccc(N=Nc2ccc(N(C)C)cc2)cc1)C(C)C)C(=O)N[C@@H](Cc1ccccc1)C(=O)N[C@@H](CCC(=O)O)C(=O)N[C@@H](C)C(=O)NCCCC(=O)N[C@@H](CCC(=O)NCCNc1cccc2c(S(=O)(=O)O)cccc12)C(=O)N[C@@H](CCCNC(=N)N)C(=O)O. The summed E-state index contributed by atoms with van der Waals surface area (Å²) in [6.07, 6.45) is -0.537. The van der Waals surface area contributed by atoms with Crippen molar-refractivity contribution in [1.82, 2.24) is 79.8 Å². The number of amides is 13. The highest BCUT2D eigenvalue weighted by Crippen LogP contribution is 2.29. The number of carbonyl (C=O) groups is 15. The number of nitrogens with zero attached hydrogens (tertiary/aromatic N) is 3. The summed E-state index contributed by atoms with van der Waals surface area (Å²) in [5.74, 6) is -14.5. The van der Waals surface area contributed by atoms with Crippen LogP contribution in [0.1, 0.15) is 166 Å². The van der Waals surface area contributed by atoms with Crippen molar-refractivity contribution in [3.8, 4) is 0 Å². The van der Waals surface area contributed by atoms with Crippen LogP contribution in [0.3, 0.4) is 0 Å². The van der Waals surface area contributed by atoms with Gasteiger partial charge in [-0.15, -0.1) is 0 Å². The first-order valence-corrected chi connectivity index (χ1v) is 45.8. The first-order chi connectivity index (χ1) is 63.7. The van der Waals surface area contributed by atoms with E-state index in [0.717, 1.165) is 5.69 Å². The van der Waals surface area contributed by atoms with Gasteiger partial charge < -0.3 is 117 Å². The number of unbranched alkanes of at least 4 members (excludes halogenated alkanes) is 2. The number of carbonyl (C=O) groups excluding carboxylic acids is 13. The maximum absolute atomic E-state index is 14.7. The molecule has 0 saturated carbocycles. The second-order valence-electron chi connectivity index (χ2n) is 32.4. The predicted octanol–water partition coefficient (Wildman–Crippen LogP) is 1.56. The molecule has 44 nitrogen and oxygen atoms in total. The van der Waals surface area contributed by atoms with Crippen LogP contribution in [-0.4, -0.2) is 244 Å². The van der Waals surface area contributed by atoms with Crippen molar-refractivity contribution in [3.05, 3.63) is 126 Å². The van der Waals surface area contributed by atoms with Crippen LogP contribution >= 0.6 is 0 Å². The molecule has 0 unspecified atom stereocenters. The highest BCUT2D eigenvalue weighted by molar-refractivity contribution is 7.86. The lowest BCUT2D eigenvalue weighted by molar-refractivity contribution is -0.142. The number of carboxylic acid groups (broad SMARTS) is 2. The number of hydrogen-bond donors (Lipinski definition) is 24. The standard InChI is InChI=1S/C89H130N24O20S/c1-8-9-25-65(107-86(128)76(53(2)3)110-84(126)66(28-17-48-99-88(91)92)105-78(120)55(5)102-80(122)64(26-13-14-45-90)103-73(115)32-20-47-98-79(121)57-33-35-58(36-34-57)111-112-59-37-39-60(40-38-59)113(6)7)82(124)109-70(52-56-21-11-10-12-22-56)85(127)106-68(42-44-75(117)118)81(123)101-54(4)77(119)97-46-19-31-74(116)104-67(83(125)108-69(87(129)130)29-18-49-100-89(93)94)41-43-72(114)96-51-50-95-63-27-15-24-62-61(63)23-16-30-71(62)134(131,132)133/h10-12,15-16,21-24,27,30,33-40,53-55,64-70,76,95H,8-9,13-14,17-20,25-26,28-29,31-32,41-52,90H2,1-7H3,(H,96,114)(H,97,119)(H,98,121)(H,101,123)(H,102,122)(H,103,115)(H,104,116)(H,105,120)(H,106,127)(H,107,128)(H,108,125)(H,109,124)(H,110,126)(H,117,118)(H,129,130)(H4,91,92,99)(H4,93,94,100)(H,131,132,133)/t54-,55-,64-,65-,66-,67-,68-,69-,70-,76-/m0/s1. The Bertz CT molecular complexity index is 4950. The smallest absolute Gasteiger partial charge is 0.326 e. The fourth-order valence-corrected chi connectivity index (χ4v) is 14.3. The Morgan fingerprint density at radius 3 is 1.43 bits per heavy atom. The molecule has 45 heteroatoms. The lowest BCUT2D eigenvalue weighted by atomic mass is 10.00. The molecule has 5 aromatic rings. The van der Waals surface area contributed by atoms with E-state index in [-0.39, 0.29) is 151 Å². The lowest BCUT2D eigenvalue weighted by Crippen LogP contribution is -2.61. The molecule has 0 radical (unpaired) electrons. The second-order valence-corrected chi connectivity index (χ2v) is 33.8. The van der Waals surface area contributed by atoms with E-state index in [1.807, 2.05) is 50.2 Å². The molecule has 732 valence electrons. The van der Waals surface area contributed by atoms with Gasteiger partial charge in [-0.2, -0.15) is 18.6 Å². The minimum atomic E-state index is -4.56. The summed E-state index contributed by atoms with van der Waals surface area (Å²) < 4.78 is 33.8. The summed E-state index contributed by atoms with van der Waals surface area (Å²) in [5.41, 5.74) is 20.2. The fraction of sp³-hybridized carbons (Fsp3) is 0.494. The van der Waals surface area contributed by atoms with Crippen molar-refractivity contribution < 1.29 is 95.1 Å². The molecule has 0 aliphatic heterocycles. The number of benzene rings is 5. The Balaban J connectivity index is 1.20. The van der Waals surface area contributed by atoms with Crippen LogP contribution in [-0.2, 0) is 83.7 Å². The zero-order chi connectivity index (χ0) is 99.0. The first kappa shape index (κ1) is 111. The summed E-state index contributed by atoms with van der Waals surface area (Å²) in [6.45, 7) is 8.14. The molecule has 10 atom stereocenters. The predicted molar refractivity (Wildman–Crippen MR) is 501 cm³/mol. The van der Waals surface area contributed by atoms with E-state index in [4.69, 9.17) is 28.0 Å². The summed E-state index contributed by atoms with van der Waals surface area (Å²) in [6, 6.07) is 17.2. The van der Waals surface area contributed by atoms with E-state index in [2.05, 4.69) is 95.3 Å². The largest absolute Gasteiger partial charge is 0.481 e. The van der Waals surface area contributed by atoms with Crippen LogP contribution in [0.5, 0.6) is 0 Å². The van der Waals surface area contributed by atoms with Crippen LogP contribution in [0.4, 0.5) is 22.7 Å². The van der Waals surface area contributed by atoms with E-state index in [1.54, 1.807) is 86.6 Å². The Morgan fingerprint density at radius 1 is 0.418 bits per heavy atom. The molecule has 134 heavy (non-hydrogen) atoms. The highest BCUT2D eigenvalue weighted by Gasteiger charge is 2.37. The van der Waals surface area contributed by atoms with E-state index < -0.39 is 178 Å². The summed E-state index contributed by atoms with van der Waals surface area (Å²) >= 11 is 0. The second kappa shape index (κ2) is 58.0. The van der Waals surface area contributed by atoms with Gasteiger partial charge in [0.15, 0.2) is 11.9 Å². The average molecular weight is 1890 g/mol. The van der Waals surface area contributed by atoms with Crippen LogP contribution in [0, 0.1) is 16.7 Å². The molecule has 5 aromatic carbocycles. The number of guanidine groups is 2. The van der Waals surface area contributed by atoms with Gasteiger partial charge in [0.05, 0.1) is 11.4 Å². The lowest BCUT2D eigenvalue weighted by Gasteiger charge is -2.29. The van der Waals surface area contributed by atoms with Gasteiger partial charge in [-0.1, -0.05) is 88.2 Å². The Kier molecular flexibility index (Phi) is 47.9. The normalized spacial score (nSPS) is 13.4. The summed E-state index contributed by atoms with van der Waals surface area (Å²) in [5, 5.41) is 86.3. The molecule has 0 aromatic heterocycles. The molecule has 27 N–H and O–H groups in total. The van der Waals surface area contributed by atoms with Crippen molar-refractivity contribution >= 4 is 144 Å². The minimum absolute atomic E-state index is 0.0116. The van der Waals surface area contributed by atoms with Crippen LogP contribution < -0.4 is 107 Å². The molecule has 0 saturated heterocycles. The molecule has 0 spiro atoms. The molecule has 0 bridgehead atoms. The number of hydrogen-bond acceptors (Lipinski definition) is 24. The maximum atomic E-state index is 14.7. The molecule has 13 amide bonds. The number of fused-ring (bicyclic) bond motifs is 1. The Labute approximate surface area is 778 Å². The van der Waals surface area contributed by atoms with Crippen LogP contribution in [0.15, 0.2) is 130 Å². The Morgan fingerprint density at radius 2 is 0.881 bits per heavy atom. The minimum Gasteiger partial charge on any atom is -0.481 e. The quantitative estimate of drug-likeness (QED) is 0.00863. The van der Waals surface area contributed by atoms with Crippen molar-refractivity contribution in [1.29, 1.82) is 10.8 Å². The van der Waals surface area contributed by atoms with Crippen LogP contribution in [0.25, 0.3) is 10.8 Å². The van der Waals surface area contributed by atoms with Gasteiger partial charge in [-0.05, 0) is 170 Å². The molecule has 0 aliphatic rings. The van der Waals surface area contributed by atoms with Crippen molar-refractivity contribution in [3.63, 3.8) is 0 Å². The summed E-state index contributed by atoms with van der Waals surface area (Å²) in [4.78, 5) is 207. The van der Waals surface area contributed by atoms with Gasteiger partial charge in [-0.25, -0.2) is 4.79 Å². The van der Waals surface area contributed by atoms with Crippen molar-refractivity contribution in [2.75, 3.05) is 70.1 Å². The number of nitrogens with two attached hydrogens (primary N) is 3. The monoisotopic (exact) mass is 1890 g/mol. The average Bonchev–Trinajstić information content (AvgIpc) is 0.783. The van der Waals surface area contributed by atoms with Crippen molar-refractivity contribution in [2.24, 2.45) is 33.3 Å². The summed E-state index contributed by atoms with van der Waals surface area (Å²) in [7, 11) is -0.698. The molecule has 0 aliphatic carbocycles. The molecular weight excluding hydrogens is 1760 g/mol. The molecule has 0 fully saturated rings. The van der Waals surface area contributed by atoms with Gasteiger partial charge in [0.25, 0.3) is 16.0 Å². The van der Waals surface area contributed by atoms with E-state index in [9.17, 15) is 95.1 Å². The topological polar surface area (TPSA) is 697 Å². The van der Waals surface area contributed by atoms with E-state index in [0.29, 0.717) is 59.3 Å². The van der Waals surface area contributed by atoms with Gasteiger partial charge >= 0.3 is 11.9 Å². The zero-order valence-electron chi connectivity index (χ0n) is 76.5. The molecule has 0 heterocycles. The highest BCUT2D eigenvalue weighted by atomic mass is 32.2. The number of azo groups is 1. The van der Waals surface area contributed by atoms with Crippen LogP contribution in [0.2, 0.25) is 0 Å². The third-order valence-electron chi connectivity index (χ3n) is 21.0. The maximum Gasteiger partial charge on any atom is 0.326 e.